The molecule has 2 heterocycles. The number of amides is 1. The molecule has 160 valence electrons. The minimum absolute atomic E-state index is 0.0274. The van der Waals surface area contributed by atoms with Gasteiger partial charge in [-0.1, -0.05) is 25.0 Å². The van der Waals surface area contributed by atoms with Crippen LogP contribution >= 0.6 is 0 Å². The van der Waals surface area contributed by atoms with Gasteiger partial charge < -0.3 is 10.3 Å². The van der Waals surface area contributed by atoms with Crippen molar-refractivity contribution in [3.05, 3.63) is 82.3 Å². The Kier molecular flexibility index (Phi) is 6.50. The van der Waals surface area contributed by atoms with Gasteiger partial charge in [0.05, 0.1) is 11.7 Å². The molecule has 7 heteroatoms. The second-order valence-corrected chi connectivity index (χ2v) is 8.05. The van der Waals surface area contributed by atoms with Crippen LogP contribution in [-0.2, 0) is 11.2 Å². The Labute approximate surface area is 180 Å². The van der Waals surface area contributed by atoms with Gasteiger partial charge in [-0.2, -0.15) is 0 Å². The summed E-state index contributed by atoms with van der Waals surface area (Å²) in [6.45, 7) is 0. The molecule has 1 atom stereocenters. The number of carbonyl (C=O) groups is 1. The van der Waals surface area contributed by atoms with E-state index in [-0.39, 0.29) is 17.3 Å². The maximum Gasteiger partial charge on any atom is 0.251 e. The average Bonchev–Trinajstić information content (AvgIpc) is 3.27. The van der Waals surface area contributed by atoms with Crippen molar-refractivity contribution in [3.8, 4) is 11.4 Å². The van der Waals surface area contributed by atoms with Gasteiger partial charge in [-0.15, -0.1) is 0 Å². The van der Waals surface area contributed by atoms with Gasteiger partial charge >= 0.3 is 0 Å². The van der Waals surface area contributed by atoms with Crippen molar-refractivity contribution < 1.29 is 9.18 Å². The molecule has 0 spiro atoms. The molecule has 0 bridgehead atoms. The van der Waals surface area contributed by atoms with Crippen LogP contribution in [0.15, 0.2) is 59.7 Å². The highest BCUT2D eigenvalue weighted by Crippen LogP contribution is 2.28. The molecule has 4 rings (SSSR count). The molecule has 1 saturated carbocycles. The van der Waals surface area contributed by atoms with Gasteiger partial charge in [0, 0.05) is 36.9 Å². The highest BCUT2D eigenvalue weighted by atomic mass is 19.1. The summed E-state index contributed by atoms with van der Waals surface area (Å²) in [4.78, 5) is 36.3. The van der Waals surface area contributed by atoms with Crippen LogP contribution in [0.1, 0.15) is 49.4 Å². The molecule has 2 N–H and O–H groups in total. The summed E-state index contributed by atoms with van der Waals surface area (Å²) in [5, 5.41) is 3.08. The summed E-state index contributed by atoms with van der Waals surface area (Å²) in [7, 11) is 0. The number of aromatic amines is 1. The number of halogens is 1. The monoisotopic (exact) mass is 420 g/mol. The first-order valence-electron chi connectivity index (χ1n) is 10.6. The van der Waals surface area contributed by atoms with E-state index in [0.29, 0.717) is 30.3 Å². The molecule has 0 saturated heterocycles. The third-order valence-corrected chi connectivity index (χ3v) is 5.72. The molecule has 1 amide bonds. The number of nitrogens with one attached hydrogen (secondary N) is 2. The van der Waals surface area contributed by atoms with E-state index in [1.807, 2.05) is 0 Å². The number of carbonyl (C=O) groups excluding carboxylic acids is 1. The lowest BCUT2D eigenvalue weighted by Crippen LogP contribution is -2.31. The number of aromatic nitrogens is 3. The van der Waals surface area contributed by atoms with E-state index in [2.05, 4.69) is 20.3 Å². The first kappa shape index (κ1) is 20.9. The minimum atomic E-state index is -0.408. The van der Waals surface area contributed by atoms with Gasteiger partial charge in [-0.3, -0.25) is 14.6 Å². The van der Waals surface area contributed by atoms with Crippen molar-refractivity contribution >= 4 is 5.91 Å². The summed E-state index contributed by atoms with van der Waals surface area (Å²) >= 11 is 0. The molecular formula is C24H25FN4O2. The van der Waals surface area contributed by atoms with Crippen molar-refractivity contribution in [1.29, 1.82) is 0 Å². The third-order valence-electron chi connectivity index (χ3n) is 5.72. The Morgan fingerprint density at radius 2 is 1.84 bits per heavy atom. The number of benzene rings is 1. The van der Waals surface area contributed by atoms with E-state index in [9.17, 15) is 14.0 Å². The number of nitrogens with zero attached hydrogens (tertiary/aromatic N) is 2. The second kappa shape index (κ2) is 9.64. The van der Waals surface area contributed by atoms with Gasteiger partial charge in [-0.05, 0) is 48.6 Å². The van der Waals surface area contributed by atoms with E-state index in [0.717, 1.165) is 24.0 Å². The van der Waals surface area contributed by atoms with Crippen molar-refractivity contribution in [2.75, 3.05) is 0 Å². The lowest BCUT2D eigenvalue weighted by Gasteiger charge is -2.20. The van der Waals surface area contributed by atoms with Crippen LogP contribution in [0.5, 0.6) is 0 Å². The van der Waals surface area contributed by atoms with Gasteiger partial charge in [0.15, 0.2) is 0 Å². The van der Waals surface area contributed by atoms with Gasteiger partial charge in [0.1, 0.15) is 11.6 Å². The van der Waals surface area contributed by atoms with Crippen LogP contribution in [0.2, 0.25) is 0 Å². The lowest BCUT2D eigenvalue weighted by molar-refractivity contribution is -0.122. The van der Waals surface area contributed by atoms with E-state index in [4.69, 9.17) is 0 Å². The van der Waals surface area contributed by atoms with Gasteiger partial charge in [0.25, 0.3) is 5.56 Å². The second-order valence-electron chi connectivity index (χ2n) is 8.05. The molecule has 3 aromatic rings. The largest absolute Gasteiger partial charge is 0.349 e. The molecule has 1 fully saturated rings. The zero-order valence-corrected chi connectivity index (χ0v) is 17.2. The van der Waals surface area contributed by atoms with Crippen LogP contribution < -0.4 is 10.9 Å². The van der Waals surface area contributed by atoms with Crippen LogP contribution in [0.3, 0.4) is 0 Å². The molecule has 2 aromatic heterocycles. The molecular weight excluding hydrogens is 395 g/mol. The summed E-state index contributed by atoms with van der Waals surface area (Å²) in [5.41, 5.74) is 1.80. The molecule has 1 unspecified atom stereocenters. The van der Waals surface area contributed by atoms with E-state index in [1.165, 1.54) is 31.0 Å². The summed E-state index contributed by atoms with van der Waals surface area (Å²) in [5.74, 6) is 0.499. The maximum absolute atomic E-state index is 13.5. The van der Waals surface area contributed by atoms with Crippen molar-refractivity contribution in [2.45, 2.75) is 44.6 Å². The molecule has 0 radical (unpaired) electrons. The smallest absolute Gasteiger partial charge is 0.251 e. The Balaban J connectivity index is 1.58. The SMILES string of the molecule is O=C(CC1CCCC1)NC(Cc1cc(=O)[nH]c(-c2ccncc2)n1)c1ccc(F)cc1. The molecule has 0 aliphatic heterocycles. The number of rotatable bonds is 7. The quantitative estimate of drug-likeness (QED) is 0.606. The van der Waals surface area contributed by atoms with Gasteiger partial charge in [-0.25, -0.2) is 9.37 Å². The highest BCUT2D eigenvalue weighted by Gasteiger charge is 2.22. The highest BCUT2D eigenvalue weighted by molar-refractivity contribution is 5.76. The van der Waals surface area contributed by atoms with Crippen molar-refractivity contribution in [2.24, 2.45) is 5.92 Å². The third kappa shape index (κ3) is 5.63. The minimum Gasteiger partial charge on any atom is -0.349 e. The fourth-order valence-electron chi connectivity index (χ4n) is 4.15. The molecule has 1 aliphatic rings. The van der Waals surface area contributed by atoms with Crippen LogP contribution in [0.25, 0.3) is 11.4 Å². The van der Waals surface area contributed by atoms with Crippen molar-refractivity contribution in [3.63, 3.8) is 0 Å². The van der Waals surface area contributed by atoms with Crippen LogP contribution in [0.4, 0.5) is 4.39 Å². The Morgan fingerprint density at radius 1 is 1.13 bits per heavy atom. The average molecular weight is 420 g/mol. The summed E-state index contributed by atoms with van der Waals surface area (Å²) in [6.07, 6.45) is 8.59. The Hall–Kier alpha value is -3.35. The van der Waals surface area contributed by atoms with Crippen molar-refractivity contribution in [1.82, 2.24) is 20.3 Å². The zero-order valence-electron chi connectivity index (χ0n) is 17.2. The fraction of sp³-hybridized carbons (Fsp3) is 0.333. The van der Waals surface area contributed by atoms with Crippen LogP contribution in [-0.4, -0.2) is 20.9 Å². The predicted octanol–water partition coefficient (Wildman–Crippen LogP) is 3.95. The van der Waals surface area contributed by atoms with Crippen LogP contribution in [0, 0.1) is 11.7 Å². The first-order valence-corrected chi connectivity index (χ1v) is 10.6. The van der Waals surface area contributed by atoms with E-state index >= 15 is 0 Å². The van der Waals surface area contributed by atoms with E-state index in [1.54, 1.807) is 36.7 Å². The topological polar surface area (TPSA) is 87.7 Å². The predicted molar refractivity (Wildman–Crippen MR) is 116 cm³/mol. The molecule has 1 aliphatic carbocycles. The van der Waals surface area contributed by atoms with E-state index < -0.39 is 6.04 Å². The molecule has 1 aromatic carbocycles. The first-order chi connectivity index (χ1) is 15.1. The maximum atomic E-state index is 13.5. The molecule has 31 heavy (non-hydrogen) atoms. The summed E-state index contributed by atoms with van der Waals surface area (Å²) < 4.78 is 13.5. The number of pyridine rings is 1. The summed E-state index contributed by atoms with van der Waals surface area (Å²) in [6, 6.07) is 10.6. The fourth-order valence-corrected chi connectivity index (χ4v) is 4.15. The Bertz CT molecular complexity index is 1080. The molecule has 6 nitrogen and oxygen atoms in total. The number of hydrogen-bond acceptors (Lipinski definition) is 4. The zero-order chi connectivity index (χ0) is 21.6. The number of H-pyrrole nitrogens is 1. The number of hydrogen-bond donors (Lipinski definition) is 2. The Morgan fingerprint density at radius 3 is 2.55 bits per heavy atom. The van der Waals surface area contributed by atoms with Gasteiger partial charge in [0.2, 0.25) is 5.91 Å². The normalized spacial score (nSPS) is 15.0. The lowest BCUT2D eigenvalue weighted by atomic mass is 9.99. The standard InChI is InChI=1S/C24H25FN4O2/c25-19-7-5-17(6-8-19)21(28-22(30)13-16-3-1-2-4-16)14-20-15-23(31)29-24(27-20)18-9-11-26-12-10-18/h5-12,15-16,21H,1-4,13-14H2,(H,28,30)(H,27,29,31).